The molecule has 0 aliphatic heterocycles. The van der Waals surface area contributed by atoms with Crippen molar-refractivity contribution in [3.8, 4) is 0 Å². The predicted molar refractivity (Wildman–Crippen MR) is 114 cm³/mol. The number of aryl methyl sites for hydroxylation is 2. The summed E-state index contributed by atoms with van der Waals surface area (Å²) in [7, 11) is 1.55. The Kier molecular flexibility index (Phi) is 6.15. The Hall–Kier alpha value is -2.65. The zero-order valence-corrected chi connectivity index (χ0v) is 17.3. The number of carbonyl (C=O) groups excluding carboxylic acids is 2. The van der Waals surface area contributed by atoms with Crippen LogP contribution in [-0.4, -0.2) is 34.6 Å². The monoisotopic (exact) mass is 416 g/mol. The summed E-state index contributed by atoms with van der Waals surface area (Å²) in [5.41, 5.74) is 1.86. The number of anilines is 1. The van der Waals surface area contributed by atoms with E-state index in [-0.39, 0.29) is 23.1 Å². The van der Waals surface area contributed by atoms with Crippen LogP contribution in [-0.2, 0) is 10.5 Å². The fraction of sp³-hybridized carbons (Fsp3) is 0.263. The second-order valence-electron chi connectivity index (χ2n) is 6.18. The molecule has 1 aromatic carbocycles. The molecule has 0 fully saturated rings. The van der Waals surface area contributed by atoms with Crippen LogP contribution >= 0.6 is 23.1 Å². The molecule has 2 heterocycles. The van der Waals surface area contributed by atoms with Gasteiger partial charge in [-0.2, -0.15) is 0 Å². The van der Waals surface area contributed by atoms with Gasteiger partial charge in [0.2, 0.25) is 5.91 Å². The van der Waals surface area contributed by atoms with E-state index in [0.717, 1.165) is 15.3 Å². The molecule has 0 atom stereocenters. The Balaban J connectivity index is 1.59. The zero-order valence-electron chi connectivity index (χ0n) is 15.7. The lowest BCUT2D eigenvalue weighted by atomic mass is 10.2. The van der Waals surface area contributed by atoms with Gasteiger partial charge in [0, 0.05) is 23.2 Å². The highest BCUT2D eigenvalue weighted by Crippen LogP contribution is 2.26. The number of hydrogen-bond acceptors (Lipinski definition) is 6. The summed E-state index contributed by atoms with van der Waals surface area (Å²) in [5.74, 6) is 0.778. The van der Waals surface area contributed by atoms with Crippen molar-refractivity contribution in [2.24, 2.45) is 0 Å². The minimum Gasteiger partial charge on any atom is -0.355 e. The molecule has 2 amide bonds. The second kappa shape index (κ2) is 8.57. The Labute approximate surface area is 170 Å². The highest BCUT2D eigenvalue weighted by atomic mass is 32.2. The lowest BCUT2D eigenvalue weighted by Crippen LogP contribution is -2.19. The third kappa shape index (κ3) is 4.42. The van der Waals surface area contributed by atoms with Crippen LogP contribution in [0.3, 0.4) is 0 Å². The van der Waals surface area contributed by atoms with E-state index in [9.17, 15) is 14.4 Å². The number of hydrogen-bond donors (Lipinski definition) is 3. The molecule has 0 unspecified atom stereocenters. The highest BCUT2D eigenvalue weighted by molar-refractivity contribution is 7.99. The number of nitrogens with one attached hydrogen (secondary N) is 3. The number of amides is 2. The summed E-state index contributed by atoms with van der Waals surface area (Å²) in [6.07, 6.45) is 0. The van der Waals surface area contributed by atoms with Gasteiger partial charge >= 0.3 is 0 Å². The van der Waals surface area contributed by atoms with Gasteiger partial charge in [-0.05, 0) is 37.6 Å². The van der Waals surface area contributed by atoms with E-state index >= 15 is 0 Å². The van der Waals surface area contributed by atoms with Gasteiger partial charge in [0.05, 0.1) is 16.9 Å². The smallest absolute Gasteiger partial charge is 0.259 e. The van der Waals surface area contributed by atoms with Gasteiger partial charge in [-0.25, -0.2) is 4.98 Å². The molecule has 3 aromatic rings. The number of aromatic nitrogens is 2. The van der Waals surface area contributed by atoms with Crippen LogP contribution in [0.15, 0.2) is 29.1 Å². The zero-order chi connectivity index (χ0) is 20.3. The number of benzene rings is 1. The normalized spacial score (nSPS) is 10.8. The summed E-state index contributed by atoms with van der Waals surface area (Å²) >= 11 is 2.86. The molecule has 0 saturated heterocycles. The van der Waals surface area contributed by atoms with Gasteiger partial charge < -0.3 is 15.6 Å². The average Bonchev–Trinajstić information content (AvgIpc) is 2.95. The number of rotatable bonds is 6. The van der Waals surface area contributed by atoms with Crippen molar-refractivity contribution < 1.29 is 9.59 Å². The minimum atomic E-state index is -0.213. The lowest BCUT2D eigenvalue weighted by Gasteiger charge is -2.07. The first kappa shape index (κ1) is 20.1. The molecular formula is C19H20N4O3S2. The van der Waals surface area contributed by atoms with E-state index in [1.165, 1.54) is 23.1 Å². The number of carbonyl (C=O) groups is 2. The molecule has 9 heteroatoms. The summed E-state index contributed by atoms with van der Waals surface area (Å²) in [5, 5.41) is 5.96. The van der Waals surface area contributed by atoms with Crippen LogP contribution in [0.5, 0.6) is 0 Å². The fourth-order valence-corrected chi connectivity index (χ4v) is 4.43. The van der Waals surface area contributed by atoms with Crippen molar-refractivity contribution in [1.29, 1.82) is 0 Å². The number of thiophene rings is 1. The largest absolute Gasteiger partial charge is 0.355 e. The number of fused-ring (bicyclic) bond motifs is 1. The van der Waals surface area contributed by atoms with Crippen LogP contribution in [0.25, 0.3) is 10.2 Å². The molecule has 0 radical (unpaired) electrons. The van der Waals surface area contributed by atoms with Gasteiger partial charge in [0.1, 0.15) is 10.7 Å². The molecule has 146 valence electrons. The Bertz CT molecular complexity index is 1100. The third-order valence-electron chi connectivity index (χ3n) is 4.20. The summed E-state index contributed by atoms with van der Waals surface area (Å²) in [6.45, 7) is 3.89. The molecule has 28 heavy (non-hydrogen) atoms. The van der Waals surface area contributed by atoms with E-state index in [2.05, 4.69) is 20.6 Å². The highest BCUT2D eigenvalue weighted by Gasteiger charge is 2.12. The van der Waals surface area contributed by atoms with Crippen LogP contribution in [0.1, 0.15) is 26.6 Å². The van der Waals surface area contributed by atoms with Crippen molar-refractivity contribution >= 4 is 50.8 Å². The summed E-state index contributed by atoms with van der Waals surface area (Å²) in [6, 6.07) is 6.73. The van der Waals surface area contributed by atoms with Crippen LogP contribution < -0.4 is 16.2 Å². The molecule has 0 aliphatic carbocycles. The second-order valence-corrected chi connectivity index (χ2v) is 8.37. The SMILES string of the molecule is CNC(=O)c1cccc(NC(=O)CSCc2nc3sc(C)c(C)c3c(=O)[nH]2)c1. The summed E-state index contributed by atoms with van der Waals surface area (Å²) < 4.78 is 0. The van der Waals surface area contributed by atoms with Crippen molar-refractivity contribution in [2.75, 3.05) is 18.1 Å². The molecule has 2 aromatic heterocycles. The molecule has 3 rings (SSSR count). The first-order chi connectivity index (χ1) is 13.4. The van der Waals surface area contributed by atoms with Crippen LogP contribution in [0, 0.1) is 13.8 Å². The number of thioether (sulfide) groups is 1. The first-order valence-corrected chi connectivity index (χ1v) is 10.5. The topological polar surface area (TPSA) is 104 Å². The van der Waals surface area contributed by atoms with Gasteiger partial charge in [0.15, 0.2) is 0 Å². The first-order valence-electron chi connectivity index (χ1n) is 8.57. The fourth-order valence-electron chi connectivity index (χ4n) is 2.69. The number of H-pyrrole nitrogens is 1. The van der Waals surface area contributed by atoms with Crippen LogP contribution in [0.4, 0.5) is 5.69 Å². The number of nitrogens with zero attached hydrogens (tertiary/aromatic N) is 1. The molecule has 0 saturated carbocycles. The van der Waals surface area contributed by atoms with E-state index in [1.807, 2.05) is 13.8 Å². The van der Waals surface area contributed by atoms with Gasteiger partial charge in [-0.3, -0.25) is 14.4 Å². The Morgan fingerprint density at radius 2 is 2.07 bits per heavy atom. The average molecular weight is 417 g/mol. The molecule has 7 nitrogen and oxygen atoms in total. The van der Waals surface area contributed by atoms with Crippen molar-refractivity contribution in [2.45, 2.75) is 19.6 Å². The van der Waals surface area contributed by atoms with Crippen molar-refractivity contribution in [1.82, 2.24) is 15.3 Å². The molecule has 0 spiro atoms. The standard InChI is InChI=1S/C19H20N4O3S2/c1-10-11(2)28-19-16(10)18(26)22-14(23-19)8-27-9-15(24)21-13-6-4-5-12(7-13)17(25)20-3/h4-7H,8-9H2,1-3H3,(H,20,25)(H,21,24)(H,22,23,26). The van der Waals surface area contributed by atoms with E-state index in [0.29, 0.717) is 28.2 Å². The predicted octanol–water partition coefficient (Wildman–Crippen LogP) is 2.83. The molecular weight excluding hydrogens is 396 g/mol. The Morgan fingerprint density at radius 3 is 2.82 bits per heavy atom. The van der Waals surface area contributed by atoms with E-state index in [4.69, 9.17) is 0 Å². The minimum absolute atomic E-state index is 0.141. The maximum Gasteiger partial charge on any atom is 0.259 e. The van der Waals surface area contributed by atoms with E-state index in [1.54, 1.807) is 31.3 Å². The quantitative estimate of drug-likeness (QED) is 0.573. The van der Waals surface area contributed by atoms with Crippen molar-refractivity contribution in [3.05, 3.63) is 56.4 Å². The lowest BCUT2D eigenvalue weighted by molar-refractivity contribution is -0.113. The van der Waals surface area contributed by atoms with Gasteiger partial charge in [0.25, 0.3) is 11.5 Å². The maximum absolute atomic E-state index is 12.3. The van der Waals surface area contributed by atoms with Gasteiger partial charge in [-0.1, -0.05) is 6.07 Å². The van der Waals surface area contributed by atoms with E-state index < -0.39 is 0 Å². The molecule has 3 N–H and O–H groups in total. The number of aromatic amines is 1. The van der Waals surface area contributed by atoms with Crippen molar-refractivity contribution in [3.63, 3.8) is 0 Å². The molecule has 0 aliphatic rings. The van der Waals surface area contributed by atoms with Gasteiger partial charge in [-0.15, -0.1) is 23.1 Å². The van der Waals surface area contributed by atoms with Crippen LogP contribution in [0.2, 0.25) is 0 Å². The maximum atomic E-state index is 12.3. The third-order valence-corrected chi connectivity index (χ3v) is 6.24. The summed E-state index contributed by atoms with van der Waals surface area (Å²) in [4.78, 5) is 45.2. The Morgan fingerprint density at radius 1 is 1.29 bits per heavy atom. The molecule has 0 bridgehead atoms.